The van der Waals surface area contributed by atoms with Gasteiger partial charge >= 0.3 is 0 Å². The number of benzene rings is 2. The van der Waals surface area contributed by atoms with Crippen LogP contribution in [0.15, 0.2) is 48.5 Å². The van der Waals surface area contributed by atoms with Crippen molar-refractivity contribution in [2.75, 3.05) is 55.3 Å². The molecule has 3 aromatic rings. The second kappa shape index (κ2) is 12.0. The van der Waals surface area contributed by atoms with Crippen molar-refractivity contribution in [3.8, 4) is 0 Å². The molecule has 1 fully saturated rings. The van der Waals surface area contributed by atoms with Crippen molar-refractivity contribution in [2.24, 2.45) is 0 Å². The van der Waals surface area contributed by atoms with Crippen molar-refractivity contribution in [3.63, 3.8) is 0 Å². The Hall–Kier alpha value is -2.36. The fourth-order valence-electron chi connectivity index (χ4n) is 3.04. The number of halogens is 3. The average molecular weight is 497 g/mol. The Morgan fingerprint density at radius 2 is 1.22 bits per heavy atom. The zero-order valence-corrected chi connectivity index (χ0v) is 19.6. The molecule has 0 atom stereocenters. The van der Waals surface area contributed by atoms with Crippen LogP contribution >= 0.6 is 35.6 Å². The van der Waals surface area contributed by atoms with E-state index >= 15 is 0 Å². The number of morpholine rings is 1. The van der Waals surface area contributed by atoms with E-state index in [-0.39, 0.29) is 12.4 Å². The predicted octanol–water partition coefficient (Wildman–Crippen LogP) is 4.83. The van der Waals surface area contributed by atoms with Gasteiger partial charge in [0.1, 0.15) is 0 Å². The van der Waals surface area contributed by atoms with Crippen LogP contribution in [0.5, 0.6) is 0 Å². The number of nitrogens with one attached hydrogen (secondary N) is 3. The highest BCUT2D eigenvalue weighted by atomic mass is 35.5. The highest BCUT2D eigenvalue weighted by Gasteiger charge is 2.11. The van der Waals surface area contributed by atoms with Gasteiger partial charge in [-0.3, -0.25) is 4.90 Å². The summed E-state index contributed by atoms with van der Waals surface area (Å²) in [4.78, 5) is 15.8. The fourth-order valence-corrected chi connectivity index (χ4v) is 3.29. The van der Waals surface area contributed by atoms with E-state index < -0.39 is 0 Å². The minimum Gasteiger partial charge on any atom is -0.379 e. The maximum absolute atomic E-state index is 5.98. The molecule has 170 valence electrons. The molecule has 0 amide bonds. The third kappa shape index (κ3) is 7.36. The van der Waals surface area contributed by atoms with Gasteiger partial charge < -0.3 is 20.7 Å². The topological polar surface area (TPSA) is 87.2 Å². The molecule has 1 aromatic heterocycles. The third-order valence-corrected chi connectivity index (χ3v) is 5.15. The van der Waals surface area contributed by atoms with Gasteiger partial charge in [0.2, 0.25) is 17.8 Å². The van der Waals surface area contributed by atoms with Crippen molar-refractivity contribution in [1.82, 2.24) is 19.9 Å². The van der Waals surface area contributed by atoms with E-state index in [0.29, 0.717) is 34.4 Å². The number of nitrogens with zero attached hydrogens (tertiary/aromatic N) is 4. The summed E-state index contributed by atoms with van der Waals surface area (Å²) in [6, 6.07) is 14.7. The van der Waals surface area contributed by atoms with Crippen molar-refractivity contribution in [2.45, 2.75) is 0 Å². The molecular weight excluding hydrogens is 473 g/mol. The van der Waals surface area contributed by atoms with Gasteiger partial charge in [-0.1, -0.05) is 23.2 Å². The van der Waals surface area contributed by atoms with Gasteiger partial charge in [-0.2, -0.15) is 15.0 Å². The molecule has 2 aromatic carbocycles. The van der Waals surface area contributed by atoms with E-state index in [1.165, 1.54) is 0 Å². The van der Waals surface area contributed by atoms with Gasteiger partial charge in [0, 0.05) is 47.6 Å². The minimum atomic E-state index is 0. The normalized spacial score (nSPS) is 13.8. The Morgan fingerprint density at radius 3 is 1.72 bits per heavy atom. The summed E-state index contributed by atoms with van der Waals surface area (Å²) in [5, 5.41) is 11.0. The van der Waals surface area contributed by atoms with Crippen molar-refractivity contribution >= 4 is 64.8 Å². The maximum atomic E-state index is 5.98. The zero-order chi connectivity index (χ0) is 21.5. The zero-order valence-electron chi connectivity index (χ0n) is 17.2. The summed E-state index contributed by atoms with van der Waals surface area (Å²) in [5.41, 5.74) is 1.65. The van der Waals surface area contributed by atoms with Crippen LogP contribution in [0.4, 0.5) is 29.2 Å². The number of ether oxygens (including phenoxy) is 1. The van der Waals surface area contributed by atoms with Crippen LogP contribution < -0.4 is 16.0 Å². The number of anilines is 5. The first-order valence-electron chi connectivity index (χ1n) is 9.99. The lowest BCUT2D eigenvalue weighted by Crippen LogP contribution is -2.39. The lowest BCUT2D eigenvalue weighted by molar-refractivity contribution is 0.0398. The molecular formula is C21H24Cl3N7O. The van der Waals surface area contributed by atoms with E-state index in [1.807, 2.05) is 24.3 Å². The summed E-state index contributed by atoms with van der Waals surface area (Å²) in [5.74, 6) is 1.32. The van der Waals surface area contributed by atoms with Crippen molar-refractivity contribution in [3.05, 3.63) is 58.6 Å². The smallest absolute Gasteiger partial charge is 0.233 e. The number of hydrogen-bond acceptors (Lipinski definition) is 8. The van der Waals surface area contributed by atoms with Gasteiger partial charge in [-0.15, -0.1) is 12.4 Å². The molecule has 0 saturated carbocycles. The van der Waals surface area contributed by atoms with E-state index in [0.717, 1.165) is 44.2 Å². The SMILES string of the molecule is Cl.Clc1ccc(Nc2nc(NCCN3CCOCC3)nc(Nc3ccc(Cl)cc3)n2)cc1. The molecule has 32 heavy (non-hydrogen) atoms. The fraction of sp³-hybridized carbons (Fsp3) is 0.286. The Bertz CT molecular complexity index is 918. The summed E-state index contributed by atoms with van der Waals surface area (Å²) >= 11 is 12.0. The van der Waals surface area contributed by atoms with Crippen LogP contribution in [0.1, 0.15) is 0 Å². The monoisotopic (exact) mass is 495 g/mol. The van der Waals surface area contributed by atoms with Crippen LogP contribution in [-0.4, -0.2) is 59.2 Å². The number of hydrogen-bond donors (Lipinski definition) is 3. The molecule has 8 nitrogen and oxygen atoms in total. The standard InChI is InChI=1S/C21H23Cl2N7O.ClH/c22-15-1-5-17(6-2-15)25-20-27-19(24-9-10-30-11-13-31-14-12-30)28-21(29-20)26-18-7-3-16(23)4-8-18;/h1-8H,9-14H2,(H3,24,25,26,27,28,29);1H. The molecule has 0 aliphatic carbocycles. The van der Waals surface area contributed by atoms with Crippen LogP contribution in [0.3, 0.4) is 0 Å². The molecule has 0 bridgehead atoms. The molecule has 0 radical (unpaired) electrons. The van der Waals surface area contributed by atoms with Crippen LogP contribution in [-0.2, 0) is 4.74 Å². The Balaban J connectivity index is 0.00000289. The maximum Gasteiger partial charge on any atom is 0.233 e. The summed E-state index contributed by atoms with van der Waals surface area (Å²) in [6.45, 7) is 5.02. The molecule has 1 saturated heterocycles. The van der Waals surface area contributed by atoms with E-state index in [1.54, 1.807) is 24.3 Å². The minimum absolute atomic E-state index is 0. The van der Waals surface area contributed by atoms with Gasteiger partial charge in [0.05, 0.1) is 13.2 Å². The van der Waals surface area contributed by atoms with Crippen LogP contribution in [0, 0.1) is 0 Å². The molecule has 1 aliphatic rings. The average Bonchev–Trinajstić information content (AvgIpc) is 2.78. The Morgan fingerprint density at radius 1 is 0.750 bits per heavy atom. The van der Waals surface area contributed by atoms with Crippen LogP contribution in [0.25, 0.3) is 0 Å². The third-order valence-electron chi connectivity index (χ3n) is 4.65. The summed E-state index contributed by atoms with van der Waals surface area (Å²) < 4.78 is 5.40. The van der Waals surface area contributed by atoms with Gasteiger partial charge in [-0.25, -0.2) is 0 Å². The highest BCUT2D eigenvalue weighted by molar-refractivity contribution is 6.30. The second-order valence-electron chi connectivity index (χ2n) is 6.95. The van der Waals surface area contributed by atoms with Gasteiger partial charge in [0.15, 0.2) is 0 Å². The highest BCUT2D eigenvalue weighted by Crippen LogP contribution is 2.21. The van der Waals surface area contributed by atoms with E-state index in [2.05, 4.69) is 35.8 Å². The van der Waals surface area contributed by atoms with Crippen molar-refractivity contribution < 1.29 is 4.74 Å². The molecule has 1 aliphatic heterocycles. The quantitative estimate of drug-likeness (QED) is 0.409. The molecule has 0 spiro atoms. The Labute approximate surface area is 203 Å². The van der Waals surface area contributed by atoms with Gasteiger partial charge in [-0.05, 0) is 48.5 Å². The largest absolute Gasteiger partial charge is 0.379 e. The predicted molar refractivity (Wildman–Crippen MR) is 132 cm³/mol. The Kier molecular flexibility index (Phi) is 9.13. The lowest BCUT2D eigenvalue weighted by Gasteiger charge is -2.26. The first-order chi connectivity index (χ1) is 15.1. The molecule has 4 rings (SSSR count). The first kappa shape index (κ1) is 24.3. The molecule has 11 heteroatoms. The molecule has 0 unspecified atom stereocenters. The summed E-state index contributed by atoms with van der Waals surface area (Å²) in [6.07, 6.45) is 0. The summed E-state index contributed by atoms with van der Waals surface area (Å²) in [7, 11) is 0. The van der Waals surface area contributed by atoms with E-state index in [9.17, 15) is 0 Å². The molecule has 3 N–H and O–H groups in total. The first-order valence-corrected chi connectivity index (χ1v) is 10.7. The number of rotatable bonds is 8. The van der Waals surface area contributed by atoms with Crippen molar-refractivity contribution in [1.29, 1.82) is 0 Å². The second-order valence-corrected chi connectivity index (χ2v) is 7.82. The van der Waals surface area contributed by atoms with Crippen LogP contribution in [0.2, 0.25) is 10.0 Å². The van der Waals surface area contributed by atoms with Gasteiger partial charge in [0.25, 0.3) is 0 Å². The lowest BCUT2D eigenvalue weighted by atomic mass is 10.3. The number of aromatic nitrogens is 3. The van der Waals surface area contributed by atoms with E-state index in [4.69, 9.17) is 27.9 Å². The molecule has 2 heterocycles.